The van der Waals surface area contributed by atoms with Crippen molar-refractivity contribution in [3.63, 3.8) is 0 Å². The van der Waals surface area contributed by atoms with E-state index in [0.717, 1.165) is 15.4 Å². The monoisotopic (exact) mass is 351 g/mol. The summed E-state index contributed by atoms with van der Waals surface area (Å²) in [4.78, 5) is 24.3. The molecule has 0 N–H and O–H groups in total. The summed E-state index contributed by atoms with van der Waals surface area (Å²) in [7, 11) is 0. The zero-order valence-corrected chi connectivity index (χ0v) is 13.9. The molecule has 1 aromatic heterocycles. The number of fused-ring (bicyclic) bond motifs is 1. The highest BCUT2D eigenvalue weighted by atomic mass is 79.9. The molecule has 0 amide bonds. The van der Waals surface area contributed by atoms with Gasteiger partial charge in [-0.2, -0.15) is 0 Å². The van der Waals surface area contributed by atoms with Crippen LogP contribution in [0.1, 0.15) is 20.8 Å². The number of halogens is 1. The fourth-order valence-corrected chi connectivity index (χ4v) is 2.47. The van der Waals surface area contributed by atoms with Crippen molar-refractivity contribution in [3.8, 4) is 0 Å². The van der Waals surface area contributed by atoms with Gasteiger partial charge in [-0.15, -0.1) is 0 Å². The van der Waals surface area contributed by atoms with Crippen LogP contribution in [0.25, 0.3) is 10.9 Å². The third kappa shape index (κ3) is 3.18. The Kier molecular flexibility index (Phi) is 4.52. The molecule has 1 aromatic carbocycles. The standard InChI is InChI=1S/C16H18BrNO3/c1-4-21-15(20)16(2,3)14(19)10-18-8-7-11-9-12(17)5-6-13(11)18/h5-9H,4,10H2,1-3H3. The van der Waals surface area contributed by atoms with Gasteiger partial charge in [0, 0.05) is 21.6 Å². The normalized spacial score (nSPS) is 11.6. The maximum absolute atomic E-state index is 12.4. The number of benzene rings is 1. The summed E-state index contributed by atoms with van der Waals surface area (Å²) >= 11 is 3.42. The second-order valence-electron chi connectivity index (χ2n) is 5.42. The number of rotatable bonds is 5. The first kappa shape index (κ1) is 15.8. The lowest BCUT2D eigenvalue weighted by molar-refractivity contribution is -0.158. The second-order valence-corrected chi connectivity index (χ2v) is 6.33. The van der Waals surface area contributed by atoms with E-state index in [0.29, 0.717) is 0 Å². The van der Waals surface area contributed by atoms with E-state index >= 15 is 0 Å². The van der Waals surface area contributed by atoms with Crippen molar-refractivity contribution in [2.75, 3.05) is 6.61 Å². The molecule has 0 aliphatic carbocycles. The van der Waals surface area contributed by atoms with Crippen LogP contribution in [-0.2, 0) is 20.9 Å². The molecule has 0 aliphatic heterocycles. The van der Waals surface area contributed by atoms with Gasteiger partial charge in [0.1, 0.15) is 5.41 Å². The van der Waals surface area contributed by atoms with Crippen molar-refractivity contribution < 1.29 is 14.3 Å². The predicted molar refractivity (Wildman–Crippen MR) is 85.1 cm³/mol. The lowest BCUT2D eigenvalue weighted by Gasteiger charge is -2.21. The lowest BCUT2D eigenvalue weighted by Crippen LogP contribution is -2.37. The molecule has 2 aromatic rings. The molecule has 0 aliphatic rings. The maximum Gasteiger partial charge on any atom is 0.319 e. The van der Waals surface area contributed by atoms with Crippen LogP contribution < -0.4 is 0 Å². The minimum absolute atomic E-state index is 0.150. The van der Waals surface area contributed by atoms with Crippen molar-refractivity contribution in [2.24, 2.45) is 5.41 Å². The van der Waals surface area contributed by atoms with Crippen molar-refractivity contribution in [2.45, 2.75) is 27.3 Å². The Morgan fingerprint density at radius 2 is 2.00 bits per heavy atom. The van der Waals surface area contributed by atoms with Crippen LogP contribution in [0.3, 0.4) is 0 Å². The smallest absolute Gasteiger partial charge is 0.319 e. The number of hydrogen-bond acceptors (Lipinski definition) is 3. The minimum Gasteiger partial charge on any atom is -0.465 e. The van der Waals surface area contributed by atoms with Crippen LogP contribution in [0.4, 0.5) is 0 Å². The number of ether oxygens (including phenoxy) is 1. The van der Waals surface area contributed by atoms with E-state index in [9.17, 15) is 9.59 Å². The SMILES string of the molecule is CCOC(=O)C(C)(C)C(=O)Cn1ccc2cc(Br)ccc21. The fraction of sp³-hybridized carbons (Fsp3) is 0.375. The van der Waals surface area contributed by atoms with Crippen molar-refractivity contribution in [3.05, 3.63) is 34.9 Å². The molecule has 0 radical (unpaired) electrons. The number of ketones is 1. The Labute approximate surface area is 132 Å². The molecule has 4 nitrogen and oxygen atoms in total. The van der Waals surface area contributed by atoms with Gasteiger partial charge in [-0.05, 0) is 45.0 Å². The van der Waals surface area contributed by atoms with E-state index in [1.807, 2.05) is 35.0 Å². The first-order chi connectivity index (χ1) is 9.86. The van der Waals surface area contributed by atoms with Gasteiger partial charge in [-0.25, -0.2) is 0 Å². The molecule has 0 bridgehead atoms. The Morgan fingerprint density at radius 1 is 1.29 bits per heavy atom. The molecule has 0 unspecified atom stereocenters. The third-order valence-electron chi connectivity index (χ3n) is 3.53. The summed E-state index contributed by atoms with van der Waals surface area (Å²) in [6.45, 7) is 5.37. The molecule has 0 atom stereocenters. The van der Waals surface area contributed by atoms with Crippen LogP contribution in [0.2, 0.25) is 0 Å². The highest BCUT2D eigenvalue weighted by Crippen LogP contribution is 2.24. The predicted octanol–water partition coefficient (Wildman–Crippen LogP) is 3.56. The Balaban J connectivity index is 2.23. The molecule has 0 spiro atoms. The van der Waals surface area contributed by atoms with Crippen molar-refractivity contribution >= 4 is 38.6 Å². The summed E-state index contributed by atoms with van der Waals surface area (Å²) in [5.41, 5.74) is -0.173. The average Bonchev–Trinajstić information content (AvgIpc) is 2.81. The zero-order chi connectivity index (χ0) is 15.6. The first-order valence-electron chi connectivity index (χ1n) is 6.81. The molecule has 5 heteroatoms. The van der Waals surface area contributed by atoms with Crippen LogP contribution in [0.5, 0.6) is 0 Å². The average molecular weight is 352 g/mol. The summed E-state index contributed by atoms with van der Waals surface area (Å²) in [6, 6.07) is 7.82. The Bertz CT molecular complexity index is 688. The van der Waals surface area contributed by atoms with Crippen molar-refractivity contribution in [1.29, 1.82) is 0 Å². The highest BCUT2D eigenvalue weighted by molar-refractivity contribution is 9.10. The second kappa shape index (κ2) is 6.02. The van der Waals surface area contributed by atoms with Gasteiger partial charge < -0.3 is 9.30 Å². The first-order valence-corrected chi connectivity index (χ1v) is 7.60. The Hall–Kier alpha value is -1.62. The van der Waals surface area contributed by atoms with E-state index in [2.05, 4.69) is 15.9 Å². The molecule has 1 heterocycles. The maximum atomic E-state index is 12.4. The van der Waals surface area contributed by atoms with E-state index in [4.69, 9.17) is 4.74 Å². The largest absolute Gasteiger partial charge is 0.465 e. The molecular weight excluding hydrogens is 334 g/mol. The molecule has 0 fully saturated rings. The molecular formula is C16H18BrNO3. The van der Waals surface area contributed by atoms with Crippen LogP contribution in [0.15, 0.2) is 34.9 Å². The number of aromatic nitrogens is 1. The van der Waals surface area contributed by atoms with Crippen LogP contribution in [-0.4, -0.2) is 22.9 Å². The van der Waals surface area contributed by atoms with Gasteiger partial charge in [0.25, 0.3) is 0 Å². The quantitative estimate of drug-likeness (QED) is 0.611. The molecule has 112 valence electrons. The number of carbonyl (C=O) groups excluding carboxylic acids is 2. The minimum atomic E-state index is -1.14. The number of nitrogens with zero attached hydrogens (tertiary/aromatic N) is 1. The van der Waals surface area contributed by atoms with E-state index < -0.39 is 11.4 Å². The van der Waals surface area contributed by atoms with Gasteiger partial charge in [-0.3, -0.25) is 9.59 Å². The highest BCUT2D eigenvalue weighted by Gasteiger charge is 2.37. The van der Waals surface area contributed by atoms with Crippen LogP contribution >= 0.6 is 15.9 Å². The number of esters is 1. The Morgan fingerprint density at radius 3 is 2.67 bits per heavy atom. The summed E-state index contributed by atoms with van der Waals surface area (Å²) in [6.07, 6.45) is 1.86. The number of Topliss-reactive ketones (excluding diaryl/α,β-unsaturated/α-hetero) is 1. The molecule has 21 heavy (non-hydrogen) atoms. The number of carbonyl (C=O) groups is 2. The van der Waals surface area contributed by atoms with E-state index in [1.54, 1.807) is 20.8 Å². The summed E-state index contributed by atoms with van der Waals surface area (Å²) < 4.78 is 7.82. The molecule has 0 saturated heterocycles. The molecule has 0 saturated carbocycles. The topological polar surface area (TPSA) is 48.3 Å². The van der Waals surface area contributed by atoms with Gasteiger partial charge in [-0.1, -0.05) is 15.9 Å². The summed E-state index contributed by atoms with van der Waals surface area (Å²) in [5, 5.41) is 1.05. The van der Waals surface area contributed by atoms with E-state index in [1.165, 1.54) is 0 Å². The lowest BCUT2D eigenvalue weighted by atomic mass is 9.88. The van der Waals surface area contributed by atoms with Gasteiger partial charge in [0.15, 0.2) is 5.78 Å². The van der Waals surface area contributed by atoms with Crippen molar-refractivity contribution in [1.82, 2.24) is 4.57 Å². The fourth-order valence-electron chi connectivity index (χ4n) is 2.09. The summed E-state index contributed by atoms with van der Waals surface area (Å²) in [5.74, 6) is -0.643. The third-order valence-corrected chi connectivity index (χ3v) is 4.02. The van der Waals surface area contributed by atoms with Gasteiger partial charge in [0.05, 0.1) is 13.2 Å². The van der Waals surface area contributed by atoms with Crippen LogP contribution in [0, 0.1) is 5.41 Å². The number of hydrogen-bond donors (Lipinski definition) is 0. The van der Waals surface area contributed by atoms with Gasteiger partial charge in [0.2, 0.25) is 0 Å². The van der Waals surface area contributed by atoms with E-state index in [-0.39, 0.29) is 18.9 Å². The molecule has 2 rings (SSSR count). The van der Waals surface area contributed by atoms with Gasteiger partial charge >= 0.3 is 5.97 Å². The zero-order valence-electron chi connectivity index (χ0n) is 12.4.